The van der Waals surface area contributed by atoms with Gasteiger partial charge < -0.3 is 10.5 Å². The Labute approximate surface area is 60.5 Å². The summed E-state index contributed by atoms with van der Waals surface area (Å²) in [6.07, 6.45) is 2.51. The minimum atomic E-state index is -0.114. The van der Waals surface area contributed by atoms with E-state index in [1.54, 1.807) is 0 Å². The zero-order valence-electron chi connectivity index (χ0n) is 6.17. The summed E-state index contributed by atoms with van der Waals surface area (Å²) in [5.41, 5.74) is 5.53. The van der Waals surface area contributed by atoms with Gasteiger partial charge in [-0.15, -0.1) is 0 Å². The topological polar surface area (TPSA) is 52.3 Å². The molecule has 0 aliphatic heterocycles. The first-order chi connectivity index (χ1) is 4.72. The molecule has 0 aromatic heterocycles. The van der Waals surface area contributed by atoms with Gasteiger partial charge in [-0.2, -0.15) is 0 Å². The first kappa shape index (κ1) is 7.54. The van der Waals surface area contributed by atoms with Gasteiger partial charge in [0, 0.05) is 12.5 Å². The number of hydrogen-bond donors (Lipinski definition) is 1. The Hall–Kier alpha value is -0.570. The Bertz CT molecular complexity index is 130. The normalized spacial score (nSPS) is 31.0. The molecule has 0 amide bonds. The Balaban J connectivity index is 2.10. The van der Waals surface area contributed by atoms with Crippen LogP contribution in [0.1, 0.15) is 19.3 Å². The standard InChI is InChI=1S/C7H13NO2/c1-10-7(9)4-5-2-6(8)3-5/h5-6H,2-4,8H2,1H3. The van der Waals surface area contributed by atoms with E-state index in [1.165, 1.54) is 7.11 Å². The molecule has 58 valence electrons. The van der Waals surface area contributed by atoms with Crippen LogP contribution in [0.4, 0.5) is 0 Å². The van der Waals surface area contributed by atoms with Gasteiger partial charge in [0.25, 0.3) is 0 Å². The maximum atomic E-state index is 10.7. The average Bonchev–Trinajstić information content (AvgIpc) is 1.84. The molecule has 3 heteroatoms. The summed E-state index contributed by atoms with van der Waals surface area (Å²) in [5.74, 6) is 0.374. The zero-order valence-corrected chi connectivity index (χ0v) is 6.17. The fourth-order valence-corrected chi connectivity index (χ4v) is 1.27. The number of methoxy groups -OCH3 is 1. The van der Waals surface area contributed by atoms with Gasteiger partial charge in [0.05, 0.1) is 7.11 Å². The second kappa shape index (κ2) is 3.01. The molecule has 0 atom stereocenters. The van der Waals surface area contributed by atoms with Gasteiger partial charge in [-0.1, -0.05) is 0 Å². The van der Waals surface area contributed by atoms with Crippen LogP contribution in [0.3, 0.4) is 0 Å². The van der Waals surface area contributed by atoms with Crippen LogP contribution in [0.25, 0.3) is 0 Å². The van der Waals surface area contributed by atoms with Gasteiger partial charge in [0.15, 0.2) is 0 Å². The number of ether oxygens (including phenoxy) is 1. The zero-order chi connectivity index (χ0) is 7.56. The van der Waals surface area contributed by atoms with Gasteiger partial charge in [0.1, 0.15) is 0 Å². The summed E-state index contributed by atoms with van der Waals surface area (Å²) in [6.45, 7) is 0. The summed E-state index contributed by atoms with van der Waals surface area (Å²) in [5, 5.41) is 0. The van der Waals surface area contributed by atoms with E-state index >= 15 is 0 Å². The highest BCUT2D eigenvalue weighted by Crippen LogP contribution is 2.28. The average molecular weight is 143 g/mol. The number of rotatable bonds is 2. The SMILES string of the molecule is COC(=O)CC1CC(N)C1. The molecule has 1 fully saturated rings. The predicted octanol–water partition coefficient (Wildman–Crippen LogP) is 0.287. The van der Waals surface area contributed by atoms with E-state index in [4.69, 9.17) is 5.73 Å². The van der Waals surface area contributed by atoms with E-state index in [0.29, 0.717) is 18.4 Å². The Morgan fingerprint density at radius 2 is 2.30 bits per heavy atom. The van der Waals surface area contributed by atoms with E-state index in [9.17, 15) is 4.79 Å². The van der Waals surface area contributed by atoms with Crippen LogP contribution >= 0.6 is 0 Å². The molecule has 10 heavy (non-hydrogen) atoms. The quantitative estimate of drug-likeness (QED) is 0.565. The lowest BCUT2D eigenvalue weighted by Gasteiger charge is -2.31. The van der Waals surface area contributed by atoms with Gasteiger partial charge in [0.2, 0.25) is 0 Å². The molecule has 0 saturated heterocycles. The molecule has 0 heterocycles. The molecule has 1 saturated carbocycles. The van der Waals surface area contributed by atoms with Crippen molar-refractivity contribution in [3.8, 4) is 0 Å². The molecule has 0 unspecified atom stereocenters. The molecule has 1 aliphatic carbocycles. The third kappa shape index (κ3) is 1.70. The van der Waals surface area contributed by atoms with Gasteiger partial charge in [-0.25, -0.2) is 0 Å². The van der Waals surface area contributed by atoms with Crippen LogP contribution in [0.15, 0.2) is 0 Å². The second-order valence-electron chi connectivity index (χ2n) is 2.88. The number of nitrogens with two attached hydrogens (primary N) is 1. The molecule has 3 nitrogen and oxygen atoms in total. The first-order valence-electron chi connectivity index (χ1n) is 3.54. The number of carbonyl (C=O) groups excluding carboxylic acids is 1. The maximum absolute atomic E-state index is 10.7. The van der Waals surface area contributed by atoms with Crippen LogP contribution < -0.4 is 5.73 Å². The maximum Gasteiger partial charge on any atom is 0.305 e. The van der Waals surface area contributed by atoms with Crippen molar-refractivity contribution in [3.05, 3.63) is 0 Å². The van der Waals surface area contributed by atoms with Crippen molar-refractivity contribution >= 4 is 5.97 Å². The van der Waals surface area contributed by atoms with Crippen LogP contribution in [-0.2, 0) is 9.53 Å². The third-order valence-corrected chi connectivity index (χ3v) is 1.96. The van der Waals surface area contributed by atoms with E-state index in [0.717, 1.165) is 12.8 Å². The van der Waals surface area contributed by atoms with Crippen molar-refractivity contribution in [1.82, 2.24) is 0 Å². The molecule has 0 aromatic rings. The summed E-state index contributed by atoms with van der Waals surface area (Å²) in [7, 11) is 1.42. The highest BCUT2D eigenvalue weighted by atomic mass is 16.5. The van der Waals surface area contributed by atoms with Crippen LogP contribution in [-0.4, -0.2) is 19.1 Å². The minimum Gasteiger partial charge on any atom is -0.469 e. The van der Waals surface area contributed by atoms with Crippen LogP contribution in [0.2, 0.25) is 0 Å². The van der Waals surface area contributed by atoms with E-state index in [-0.39, 0.29) is 5.97 Å². The molecule has 0 aromatic carbocycles. The lowest BCUT2D eigenvalue weighted by Crippen LogP contribution is -2.37. The summed E-state index contributed by atoms with van der Waals surface area (Å²) < 4.78 is 4.51. The second-order valence-corrected chi connectivity index (χ2v) is 2.88. The third-order valence-electron chi connectivity index (χ3n) is 1.96. The van der Waals surface area contributed by atoms with Crippen molar-refractivity contribution in [2.24, 2.45) is 11.7 Å². The van der Waals surface area contributed by atoms with E-state index in [2.05, 4.69) is 4.74 Å². The molecule has 2 N–H and O–H groups in total. The monoisotopic (exact) mass is 143 g/mol. The largest absolute Gasteiger partial charge is 0.469 e. The number of esters is 1. The minimum absolute atomic E-state index is 0.114. The fraction of sp³-hybridized carbons (Fsp3) is 0.857. The van der Waals surface area contributed by atoms with E-state index in [1.807, 2.05) is 0 Å². The molecule has 0 spiro atoms. The van der Waals surface area contributed by atoms with Crippen molar-refractivity contribution in [2.75, 3.05) is 7.11 Å². The molecule has 0 radical (unpaired) electrons. The lowest BCUT2D eigenvalue weighted by atomic mass is 9.79. The van der Waals surface area contributed by atoms with Crippen molar-refractivity contribution in [1.29, 1.82) is 0 Å². The molecular formula is C7H13NO2. The highest BCUT2D eigenvalue weighted by Gasteiger charge is 2.27. The van der Waals surface area contributed by atoms with Gasteiger partial charge >= 0.3 is 5.97 Å². The lowest BCUT2D eigenvalue weighted by molar-refractivity contribution is -0.142. The Morgan fingerprint density at radius 1 is 1.70 bits per heavy atom. The molecule has 1 rings (SSSR count). The van der Waals surface area contributed by atoms with Crippen LogP contribution in [0.5, 0.6) is 0 Å². The first-order valence-corrected chi connectivity index (χ1v) is 3.54. The van der Waals surface area contributed by atoms with Gasteiger partial charge in [-0.3, -0.25) is 4.79 Å². The predicted molar refractivity (Wildman–Crippen MR) is 37.3 cm³/mol. The smallest absolute Gasteiger partial charge is 0.305 e. The van der Waals surface area contributed by atoms with Crippen molar-refractivity contribution in [3.63, 3.8) is 0 Å². The summed E-state index contributed by atoms with van der Waals surface area (Å²) in [4.78, 5) is 10.7. The van der Waals surface area contributed by atoms with Gasteiger partial charge in [-0.05, 0) is 18.8 Å². The molecule has 1 aliphatic rings. The Kier molecular flexibility index (Phi) is 2.27. The molecule has 0 bridgehead atoms. The van der Waals surface area contributed by atoms with Crippen LogP contribution in [0, 0.1) is 5.92 Å². The van der Waals surface area contributed by atoms with Crippen molar-refractivity contribution in [2.45, 2.75) is 25.3 Å². The van der Waals surface area contributed by atoms with Crippen molar-refractivity contribution < 1.29 is 9.53 Å². The Morgan fingerprint density at radius 3 is 2.70 bits per heavy atom. The summed E-state index contributed by atoms with van der Waals surface area (Å²) in [6, 6.07) is 0.328. The molecular weight excluding hydrogens is 130 g/mol. The fourth-order valence-electron chi connectivity index (χ4n) is 1.27. The van der Waals surface area contributed by atoms with E-state index < -0.39 is 0 Å². The number of carbonyl (C=O) groups is 1. The highest BCUT2D eigenvalue weighted by molar-refractivity contribution is 5.69. The summed E-state index contributed by atoms with van der Waals surface area (Å²) >= 11 is 0. The number of hydrogen-bond acceptors (Lipinski definition) is 3.